The lowest BCUT2D eigenvalue weighted by molar-refractivity contribution is -0.131. The van der Waals surface area contributed by atoms with Gasteiger partial charge in [0.2, 0.25) is 5.91 Å². The summed E-state index contributed by atoms with van der Waals surface area (Å²) in [5, 5.41) is 19.2. The van der Waals surface area contributed by atoms with E-state index in [1.165, 1.54) is 6.07 Å². The van der Waals surface area contributed by atoms with Crippen LogP contribution in [0.15, 0.2) is 18.2 Å². The molecular weight excluding hydrogens is 238 g/mol. The van der Waals surface area contributed by atoms with Crippen LogP contribution in [0.4, 0.5) is 0 Å². The molecule has 0 saturated carbocycles. The molecule has 0 radical (unpaired) electrons. The molecule has 0 saturated heterocycles. The molecule has 0 aromatic heterocycles. The molecule has 2 unspecified atom stereocenters. The molecule has 4 N–H and O–H groups in total. The van der Waals surface area contributed by atoms with E-state index in [9.17, 15) is 15.0 Å². The van der Waals surface area contributed by atoms with Crippen molar-refractivity contribution in [2.45, 2.75) is 18.6 Å². The first-order valence-electron chi connectivity index (χ1n) is 5.64. The maximum Gasteiger partial charge on any atom is 0.249 e. The molecule has 6 heteroatoms. The molecule has 1 amide bonds. The first-order valence-corrected chi connectivity index (χ1v) is 5.64. The largest absolute Gasteiger partial charge is 0.490 e. The highest BCUT2D eigenvalue weighted by Gasteiger charge is 2.24. The van der Waals surface area contributed by atoms with Crippen LogP contribution in [0, 0.1) is 0 Å². The Hall–Kier alpha value is -1.79. The van der Waals surface area contributed by atoms with Crippen LogP contribution in [0.3, 0.4) is 0 Å². The Labute approximate surface area is 104 Å². The van der Waals surface area contributed by atoms with Gasteiger partial charge in [0.25, 0.3) is 0 Å². The predicted octanol–water partition coefficient (Wildman–Crippen LogP) is -0.273. The fourth-order valence-corrected chi connectivity index (χ4v) is 1.70. The van der Waals surface area contributed by atoms with Gasteiger partial charge in [-0.25, -0.2) is 0 Å². The van der Waals surface area contributed by atoms with Crippen LogP contribution >= 0.6 is 0 Å². The van der Waals surface area contributed by atoms with Crippen molar-refractivity contribution in [3.05, 3.63) is 23.8 Å². The molecule has 1 heterocycles. The van der Waals surface area contributed by atoms with Gasteiger partial charge in [-0.3, -0.25) is 4.79 Å². The van der Waals surface area contributed by atoms with E-state index in [0.717, 1.165) is 6.42 Å². The molecule has 0 fully saturated rings. The summed E-state index contributed by atoms with van der Waals surface area (Å²) in [6, 6.07) is 4.73. The number of rotatable bonds is 3. The Morgan fingerprint density at radius 3 is 2.56 bits per heavy atom. The zero-order valence-corrected chi connectivity index (χ0v) is 9.70. The smallest absolute Gasteiger partial charge is 0.249 e. The van der Waals surface area contributed by atoms with Crippen LogP contribution in [0.1, 0.15) is 18.1 Å². The fraction of sp³-hybridized carbons (Fsp3) is 0.417. The highest BCUT2D eigenvalue weighted by Crippen LogP contribution is 2.32. The number of carbonyl (C=O) groups is 1. The van der Waals surface area contributed by atoms with Gasteiger partial charge in [0.05, 0.1) is 13.2 Å². The topological polar surface area (TPSA) is 102 Å². The predicted molar refractivity (Wildman–Crippen MR) is 62.2 cm³/mol. The van der Waals surface area contributed by atoms with Crippen LogP contribution in [0.2, 0.25) is 0 Å². The molecule has 2 atom stereocenters. The van der Waals surface area contributed by atoms with E-state index in [1.54, 1.807) is 12.1 Å². The number of hydrogen-bond donors (Lipinski definition) is 3. The van der Waals surface area contributed by atoms with E-state index in [0.29, 0.717) is 30.3 Å². The molecule has 1 aliphatic heterocycles. The van der Waals surface area contributed by atoms with E-state index >= 15 is 0 Å². The summed E-state index contributed by atoms with van der Waals surface area (Å²) in [4.78, 5) is 10.8. The summed E-state index contributed by atoms with van der Waals surface area (Å²) in [6.07, 6.45) is -2.24. The van der Waals surface area contributed by atoms with Crippen LogP contribution in [0.5, 0.6) is 11.5 Å². The van der Waals surface area contributed by atoms with E-state index < -0.39 is 18.1 Å². The standard InChI is InChI=1S/C12H15NO5/c13-12(16)11(15)10(14)7-2-3-8-9(6-7)18-5-1-4-17-8/h2-3,6,10-11,14-15H,1,4-5H2,(H2,13,16). The molecule has 18 heavy (non-hydrogen) atoms. The molecule has 0 bridgehead atoms. The lowest BCUT2D eigenvalue weighted by Gasteiger charge is -2.16. The molecule has 98 valence electrons. The lowest BCUT2D eigenvalue weighted by atomic mass is 10.0. The monoisotopic (exact) mass is 253 g/mol. The maximum absolute atomic E-state index is 10.8. The van der Waals surface area contributed by atoms with Crippen molar-refractivity contribution in [1.82, 2.24) is 0 Å². The minimum absolute atomic E-state index is 0.352. The van der Waals surface area contributed by atoms with Crippen LogP contribution in [-0.4, -0.2) is 35.4 Å². The number of benzene rings is 1. The molecule has 6 nitrogen and oxygen atoms in total. The summed E-state index contributed by atoms with van der Waals surface area (Å²) in [6.45, 7) is 1.09. The lowest BCUT2D eigenvalue weighted by Crippen LogP contribution is -2.33. The van der Waals surface area contributed by atoms with Gasteiger partial charge < -0.3 is 25.4 Å². The Morgan fingerprint density at radius 1 is 1.22 bits per heavy atom. The zero-order chi connectivity index (χ0) is 13.1. The number of aliphatic hydroxyl groups is 2. The van der Waals surface area contributed by atoms with Crippen molar-refractivity contribution in [3.63, 3.8) is 0 Å². The van der Waals surface area contributed by atoms with Crippen LogP contribution in [-0.2, 0) is 4.79 Å². The maximum atomic E-state index is 10.8. The van der Waals surface area contributed by atoms with Crippen molar-refractivity contribution in [3.8, 4) is 11.5 Å². The van der Waals surface area contributed by atoms with E-state index in [-0.39, 0.29) is 0 Å². The van der Waals surface area contributed by atoms with Gasteiger partial charge in [0, 0.05) is 6.42 Å². The van der Waals surface area contributed by atoms with E-state index in [2.05, 4.69) is 0 Å². The summed E-state index contributed by atoms with van der Waals surface area (Å²) in [5.74, 6) is 0.0901. The van der Waals surface area contributed by atoms with Crippen molar-refractivity contribution in [2.24, 2.45) is 5.73 Å². The van der Waals surface area contributed by atoms with E-state index in [4.69, 9.17) is 15.2 Å². The number of amides is 1. The average molecular weight is 253 g/mol. The summed E-state index contributed by atoms with van der Waals surface area (Å²) in [7, 11) is 0. The Balaban J connectivity index is 2.25. The third-order valence-electron chi connectivity index (χ3n) is 2.70. The second-order valence-corrected chi connectivity index (χ2v) is 4.05. The molecule has 1 aromatic carbocycles. The summed E-state index contributed by atoms with van der Waals surface area (Å²) in [5.41, 5.74) is 5.28. The Morgan fingerprint density at radius 2 is 1.89 bits per heavy atom. The molecule has 1 aromatic rings. The molecule has 1 aliphatic rings. The van der Waals surface area contributed by atoms with Crippen molar-refractivity contribution in [1.29, 1.82) is 0 Å². The van der Waals surface area contributed by atoms with Gasteiger partial charge in [-0.2, -0.15) is 0 Å². The highest BCUT2D eigenvalue weighted by atomic mass is 16.5. The van der Waals surface area contributed by atoms with Crippen molar-refractivity contribution in [2.75, 3.05) is 13.2 Å². The number of ether oxygens (including phenoxy) is 2. The highest BCUT2D eigenvalue weighted by molar-refractivity contribution is 5.79. The van der Waals surface area contributed by atoms with Gasteiger partial charge in [-0.15, -0.1) is 0 Å². The number of hydrogen-bond acceptors (Lipinski definition) is 5. The van der Waals surface area contributed by atoms with Gasteiger partial charge in [-0.05, 0) is 17.7 Å². The Kier molecular flexibility index (Phi) is 3.69. The third-order valence-corrected chi connectivity index (χ3v) is 2.70. The van der Waals surface area contributed by atoms with Crippen molar-refractivity contribution >= 4 is 5.91 Å². The van der Waals surface area contributed by atoms with Crippen LogP contribution < -0.4 is 15.2 Å². The number of carbonyl (C=O) groups excluding carboxylic acids is 1. The van der Waals surface area contributed by atoms with Crippen molar-refractivity contribution < 1.29 is 24.5 Å². The molecule has 0 aliphatic carbocycles. The van der Waals surface area contributed by atoms with Crippen LogP contribution in [0.25, 0.3) is 0 Å². The molecule has 0 spiro atoms. The minimum Gasteiger partial charge on any atom is -0.490 e. The molecular formula is C12H15NO5. The third kappa shape index (κ3) is 2.55. The van der Waals surface area contributed by atoms with Gasteiger partial charge in [0.15, 0.2) is 17.6 Å². The summed E-state index contributed by atoms with van der Waals surface area (Å²) >= 11 is 0. The Bertz CT molecular complexity index is 448. The number of nitrogens with two attached hydrogens (primary N) is 1. The first-order chi connectivity index (χ1) is 8.59. The second-order valence-electron chi connectivity index (χ2n) is 4.05. The summed E-state index contributed by atoms with van der Waals surface area (Å²) < 4.78 is 10.9. The molecule has 2 rings (SSSR count). The fourth-order valence-electron chi connectivity index (χ4n) is 1.70. The number of aliphatic hydroxyl groups excluding tert-OH is 2. The average Bonchev–Trinajstić information content (AvgIpc) is 2.60. The SMILES string of the molecule is NC(=O)C(O)C(O)c1ccc2c(c1)OCCCO2. The normalized spacial score (nSPS) is 17.7. The number of primary amides is 1. The van der Waals surface area contributed by atoms with E-state index in [1.807, 2.05) is 0 Å². The second kappa shape index (κ2) is 5.24. The van der Waals surface area contributed by atoms with Gasteiger partial charge >= 0.3 is 0 Å². The number of fused-ring (bicyclic) bond motifs is 1. The van der Waals surface area contributed by atoms with Gasteiger partial charge in [-0.1, -0.05) is 6.07 Å². The first kappa shape index (κ1) is 12.7. The quantitative estimate of drug-likeness (QED) is 0.688. The zero-order valence-electron chi connectivity index (χ0n) is 9.70. The minimum atomic E-state index is -1.64. The van der Waals surface area contributed by atoms with Gasteiger partial charge in [0.1, 0.15) is 6.10 Å².